The van der Waals surface area contributed by atoms with Crippen LogP contribution in [0.4, 0.5) is 8.78 Å². The van der Waals surface area contributed by atoms with Gasteiger partial charge >= 0.3 is 0 Å². The third-order valence-electron chi connectivity index (χ3n) is 5.20. The van der Waals surface area contributed by atoms with Crippen LogP contribution >= 0.6 is 0 Å². The van der Waals surface area contributed by atoms with Crippen LogP contribution in [0.15, 0.2) is 47.1 Å². The highest BCUT2D eigenvalue weighted by molar-refractivity contribution is 5.28. The van der Waals surface area contributed by atoms with E-state index in [0.29, 0.717) is 25.3 Å². The van der Waals surface area contributed by atoms with Crippen molar-refractivity contribution in [1.82, 2.24) is 15.3 Å². The molecule has 9 heteroatoms. The number of hydrogen-bond acceptors (Lipinski definition) is 6. The smallest absolute Gasteiger partial charge is 0.192 e. The van der Waals surface area contributed by atoms with Crippen LogP contribution in [0.1, 0.15) is 43.3 Å². The van der Waals surface area contributed by atoms with Gasteiger partial charge in [-0.15, -0.1) is 0 Å². The van der Waals surface area contributed by atoms with E-state index in [1.165, 1.54) is 13.1 Å². The quantitative estimate of drug-likeness (QED) is 0.314. The molecule has 0 bridgehead atoms. The molecule has 0 saturated heterocycles. The fourth-order valence-electron chi connectivity index (χ4n) is 3.23. The van der Waals surface area contributed by atoms with Gasteiger partial charge in [0.15, 0.2) is 5.43 Å². The summed E-state index contributed by atoms with van der Waals surface area (Å²) in [6, 6.07) is 0. The molecule has 2 unspecified atom stereocenters. The fourth-order valence-corrected chi connectivity index (χ4v) is 3.23. The summed E-state index contributed by atoms with van der Waals surface area (Å²) < 4.78 is 33.7. The molecule has 1 aliphatic rings. The van der Waals surface area contributed by atoms with Crippen LogP contribution in [0.5, 0.6) is 0 Å². The monoisotopic (exact) mass is 438 g/mol. The molecule has 0 aliphatic carbocycles. The van der Waals surface area contributed by atoms with Crippen LogP contribution in [0.3, 0.4) is 0 Å². The van der Waals surface area contributed by atoms with Gasteiger partial charge in [-0.1, -0.05) is 13.0 Å². The first kappa shape index (κ1) is 24.8. The lowest BCUT2D eigenvalue weighted by atomic mass is 9.93. The lowest BCUT2D eigenvalue weighted by molar-refractivity contribution is 0.137. The Bertz CT molecular complexity index is 911. The zero-order valence-corrected chi connectivity index (χ0v) is 18.5. The van der Waals surface area contributed by atoms with Gasteiger partial charge in [0, 0.05) is 56.4 Å². The maximum atomic E-state index is 13.6. The molecule has 0 amide bonds. The van der Waals surface area contributed by atoms with E-state index in [-0.39, 0.29) is 29.4 Å². The van der Waals surface area contributed by atoms with E-state index in [1.807, 2.05) is 6.08 Å². The van der Waals surface area contributed by atoms with Crippen molar-refractivity contribution in [2.75, 3.05) is 32.2 Å². The van der Waals surface area contributed by atoms with E-state index in [2.05, 4.69) is 23.0 Å². The molecule has 1 aromatic heterocycles. The van der Waals surface area contributed by atoms with Gasteiger partial charge in [0.1, 0.15) is 17.9 Å². The van der Waals surface area contributed by atoms with Crippen molar-refractivity contribution in [1.29, 1.82) is 0 Å². The number of halogens is 2. The summed E-state index contributed by atoms with van der Waals surface area (Å²) in [5.74, 6) is -1.32. The van der Waals surface area contributed by atoms with E-state index in [0.717, 1.165) is 17.8 Å². The molecule has 2 rings (SSSR count). The van der Waals surface area contributed by atoms with Gasteiger partial charge in [-0.25, -0.2) is 8.78 Å². The first-order valence-electron chi connectivity index (χ1n) is 10.2. The third-order valence-corrected chi connectivity index (χ3v) is 5.20. The van der Waals surface area contributed by atoms with Crippen molar-refractivity contribution in [3.8, 4) is 0 Å². The Morgan fingerprint density at radius 3 is 2.81 bits per heavy atom. The second-order valence-corrected chi connectivity index (χ2v) is 7.82. The molecule has 0 radical (unpaired) electrons. The topological polar surface area (TPSA) is 87.6 Å². The molecule has 0 saturated carbocycles. The van der Waals surface area contributed by atoms with Gasteiger partial charge in [0.2, 0.25) is 0 Å². The Balaban J connectivity index is 2.06. The number of aromatic nitrogens is 1. The lowest BCUT2D eigenvalue weighted by Crippen LogP contribution is -2.35. The molecule has 31 heavy (non-hydrogen) atoms. The number of nitrogens with zero attached hydrogens (tertiary/aromatic N) is 1. The summed E-state index contributed by atoms with van der Waals surface area (Å²) in [7, 11) is 1.71. The summed E-state index contributed by atoms with van der Waals surface area (Å²) in [6.45, 7) is 7.02. The molecule has 2 atom stereocenters. The Hall–Kier alpha value is -2.49. The normalized spacial score (nSPS) is 20.1. The number of nitrogens with one attached hydrogen (secondary N) is 3. The average Bonchev–Trinajstić information content (AvgIpc) is 3.17. The van der Waals surface area contributed by atoms with E-state index >= 15 is 0 Å². The standard InChI is InChI=1S/C22H32F2N4O3/c1-5-16(23)10-17(24)6-8-27-21(30)18-12-28(25-4)19(15(2)20(18)29)11-26-13-22(3)7-9-31-14-22/h5,7,9-10,12,21,25-27,30H,6,8,11,13-14H2,1-4H3/b16-5+,17-10+. The van der Waals surface area contributed by atoms with Crippen LogP contribution in [0, 0.1) is 12.3 Å². The Morgan fingerprint density at radius 1 is 1.45 bits per heavy atom. The van der Waals surface area contributed by atoms with E-state index in [4.69, 9.17) is 4.74 Å². The second-order valence-electron chi connectivity index (χ2n) is 7.82. The first-order chi connectivity index (χ1) is 14.7. The second kappa shape index (κ2) is 11.2. The highest BCUT2D eigenvalue weighted by Crippen LogP contribution is 2.23. The summed E-state index contributed by atoms with van der Waals surface area (Å²) in [6.07, 6.45) is 5.77. The maximum Gasteiger partial charge on any atom is 0.192 e. The van der Waals surface area contributed by atoms with E-state index in [1.54, 1.807) is 24.9 Å². The molecule has 0 spiro atoms. The fraction of sp³-hybridized carbons (Fsp3) is 0.500. The number of hydrogen-bond donors (Lipinski definition) is 4. The summed E-state index contributed by atoms with van der Waals surface area (Å²) in [4.78, 5) is 12.8. The summed E-state index contributed by atoms with van der Waals surface area (Å²) >= 11 is 0. The molecule has 1 aromatic rings. The predicted octanol–water partition coefficient (Wildman–Crippen LogP) is 2.67. The summed E-state index contributed by atoms with van der Waals surface area (Å²) in [5, 5.41) is 16.5. The first-order valence-corrected chi connectivity index (χ1v) is 10.2. The van der Waals surface area contributed by atoms with E-state index in [9.17, 15) is 18.7 Å². The average molecular weight is 439 g/mol. The molecule has 2 heterocycles. The number of aliphatic hydroxyl groups excluding tert-OH is 1. The number of aliphatic hydroxyl groups is 1. The zero-order valence-electron chi connectivity index (χ0n) is 18.5. The van der Waals surface area contributed by atoms with E-state index < -0.39 is 17.9 Å². The van der Waals surface area contributed by atoms with Crippen molar-refractivity contribution in [2.24, 2.45) is 5.41 Å². The minimum atomic E-state index is -1.29. The van der Waals surface area contributed by atoms with Gasteiger partial charge in [-0.3, -0.25) is 14.8 Å². The van der Waals surface area contributed by atoms with Crippen LogP contribution < -0.4 is 21.5 Å². The van der Waals surface area contributed by atoms with Gasteiger partial charge in [-0.05, 0) is 19.9 Å². The molecule has 7 nitrogen and oxygen atoms in total. The molecule has 0 fully saturated rings. The minimum absolute atomic E-state index is 0.0377. The SMILES string of the molecule is C/C=C(F)\C=C(\F)CCNC(O)c1cn(NC)c(CNCC2(C)C=COC2)c(C)c1=O. The maximum absolute atomic E-state index is 13.6. The molecule has 1 aliphatic heterocycles. The van der Waals surface area contributed by atoms with Crippen molar-refractivity contribution in [2.45, 2.75) is 40.0 Å². The van der Waals surface area contributed by atoms with Crippen molar-refractivity contribution in [3.63, 3.8) is 0 Å². The van der Waals surface area contributed by atoms with Crippen LogP contribution in [-0.2, 0) is 11.3 Å². The molecular formula is C22H32F2N4O3. The van der Waals surface area contributed by atoms with Gasteiger partial charge in [0.05, 0.1) is 24.1 Å². The highest BCUT2D eigenvalue weighted by atomic mass is 19.1. The minimum Gasteiger partial charge on any atom is -0.501 e. The Labute approximate surface area is 181 Å². The van der Waals surface area contributed by atoms with Crippen molar-refractivity contribution >= 4 is 0 Å². The molecular weight excluding hydrogens is 406 g/mol. The molecule has 4 N–H and O–H groups in total. The molecule has 172 valence electrons. The van der Waals surface area contributed by atoms with Gasteiger partial charge in [-0.2, -0.15) is 0 Å². The number of allylic oxidation sites excluding steroid dienone is 3. The van der Waals surface area contributed by atoms with Crippen LogP contribution in [-0.4, -0.2) is 36.5 Å². The number of rotatable bonds is 11. The number of ether oxygens (including phenoxy) is 1. The number of pyridine rings is 1. The largest absolute Gasteiger partial charge is 0.501 e. The predicted molar refractivity (Wildman–Crippen MR) is 117 cm³/mol. The van der Waals surface area contributed by atoms with Crippen LogP contribution in [0.25, 0.3) is 0 Å². The Kier molecular flexibility index (Phi) is 8.97. The van der Waals surface area contributed by atoms with Crippen molar-refractivity contribution < 1.29 is 18.6 Å². The summed E-state index contributed by atoms with van der Waals surface area (Å²) in [5.41, 5.74) is 3.97. The third kappa shape index (κ3) is 6.75. The van der Waals surface area contributed by atoms with Gasteiger partial charge in [0.25, 0.3) is 0 Å². The Morgan fingerprint density at radius 2 is 2.19 bits per heavy atom. The zero-order chi connectivity index (χ0) is 23.0. The van der Waals surface area contributed by atoms with Crippen molar-refractivity contribution in [3.05, 3.63) is 69.4 Å². The lowest BCUT2D eigenvalue weighted by Gasteiger charge is -2.23. The van der Waals surface area contributed by atoms with Gasteiger partial charge < -0.3 is 20.6 Å². The van der Waals surface area contributed by atoms with Crippen LogP contribution in [0.2, 0.25) is 0 Å². The molecule has 0 aromatic carbocycles. The highest BCUT2D eigenvalue weighted by Gasteiger charge is 2.25.